The van der Waals surface area contributed by atoms with Crippen LogP contribution in [0.5, 0.6) is 0 Å². The minimum atomic E-state index is -0.740. The van der Waals surface area contributed by atoms with Gasteiger partial charge in [-0.2, -0.15) is 0 Å². The van der Waals surface area contributed by atoms with Crippen molar-refractivity contribution in [3.8, 4) is 0 Å². The fraction of sp³-hybridized carbons (Fsp3) is 0.750. The Hall–Kier alpha value is -1.28. The monoisotopic (exact) mass is 305 g/mol. The van der Waals surface area contributed by atoms with Gasteiger partial charge in [-0.3, -0.25) is 14.4 Å². The molecule has 8 heteroatoms. The SMILES string of the molecule is CCCNC(=O)CN(C)C(=O)CSCC(N)C(=O)OC. The number of hydrogen-bond acceptors (Lipinski definition) is 6. The van der Waals surface area contributed by atoms with Crippen molar-refractivity contribution in [1.29, 1.82) is 0 Å². The predicted molar refractivity (Wildman–Crippen MR) is 78.3 cm³/mol. The Morgan fingerprint density at radius 3 is 2.60 bits per heavy atom. The third-order valence-corrected chi connectivity index (χ3v) is 3.45. The molecule has 0 saturated heterocycles. The Morgan fingerprint density at radius 2 is 2.05 bits per heavy atom. The lowest BCUT2D eigenvalue weighted by molar-refractivity contribution is -0.141. The van der Waals surface area contributed by atoms with Crippen LogP contribution in [0.2, 0.25) is 0 Å². The number of carbonyl (C=O) groups is 3. The zero-order valence-electron chi connectivity index (χ0n) is 12.2. The van der Waals surface area contributed by atoms with Gasteiger partial charge in [0, 0.05) is 19.3 Å². The molecule has 0 saturated carbocycles. The van der Waals surface area contributed by atoms with E-state index in [1.165, 1.54) is 23.8 Å². The van der Waals surface area contributed by atoms with Crippen LogP contribution in [0.25, 0.3) is 0 Å². The third-order valence-electron chi connectivity index (χ3n) is 2.41. The Kier molecular flexibility index (Phi) is 9.83. The first-order valence-corrected chi connectivity index (χ1v) is 7.49. The van der Waals surface area contributed by atoms with Gasteiger partial charge < -0.3 is 20.7 Å². The molecule has 20 heavy (non-hydrogen) atoms. The molecular weight excluding hydrogens is 282 g/mol. The summed E-state index contributed by atoms with van der Waals surface area (Å²) in [6, 6.07) is -0.740. The summed E-state index contributed by atoms with van der Waals surface area (Å²) in [6.07, 6.45) is 0.852. The fourth-order valence-corrected chi connectivity index (χ4v) is 2.13. The van der Waals surface area contributed by atoms with Crippen LogP contribution >= 0.6 is 11.8 Å². The summed E-state index contributed by atoms with van der Waals surface area (Å²) in [5.41, 5.74) is 5.54. The van der Waals surface area contributed by atoms with Gasteiger partial charge in [-0.25, -0.2) is 0 Å². The van der Waals surface area contributed by atoms with Gasteiger partial charge in [0.15, 0.2) is 0 Å². The molecule has 0 spiro atoms. The highest BCUT2D eigenvalue weighted by molar-refractivity contribution is 8.00. The highest BCUT2D eigenvalue weighted by atomic mass is 32.2. The van der Waals surface area contributed by atoms with E-state index in [-0.39, 0.29) is 24.1 Å². The highest BCUT2D eigenvalue weighted by Crippen LogP contribution is 2.04. The minimum absolute atomic E-state index is 0.0302. The maximum atomic E-state index is 11.7. The Balaban J connectivity index is 3.91. The second-order valence-electron chi connectivity index (χ2n) is 4.24. The normalized spacial score (nSPS) is 11.6. The number of nitrogens with one attached hydrogen (secondary N) is 1. The van der Waals surface area contributed by atoms with Crippen molar-refractivity contribution in [1.82, 2.24) is 10.2 Å². The van der Waals surface area contributed by atoms with Gasteiger partial charge in [-0.15, -0.1) is 11.8 Å². The van der Waals surface area contributed by atoms with E-state index in [9.17, 15) is 14.4 Å². The molecule has 1 unspecified atom stereocenters. The third kappa shape index (κ3) is 8.00. The van der Waals surface area contributed by atoms with Crippen molar-refractivity contribution in [2.24, 2.45) is 5.73 Å². The van der Waals surface area contributed by atoms with Gasteiger partial charge in [0.25, 0.3) is 0 Å². The van der Waals surface area contributed by atoms with E-state index in [4.69, 9.17) is 5.73 Å². The second-order valence-corrected chi connectivity index (χ2v) is 5.27. The zero-order chi connectivity index (χ0) is 15.5. The number of amides is 2. The molecule has 0 aromatic heterocycles. The first-order valence-electron chi connectivity index (χ1n) is 6.34. The van der Waals surface area contributed by atoms with E-state index in [2.05, 4.69) is 10.1 Å². The Labute approximate surface area is 123 Å². The molecule has 3 N–H and O–H groups in total. The van der Waals surface area contributed by atoms with E-state index >= 15 is 0 Å². The lowest BCUT2D eigenvalue weighted by Crippen LogP contribution is -2.39. The van der Waals surface area contributed by atoms with Gasteiger partial charge in [-0.1, -0.05) is 6.92 Å². The van der Waals surface area contributed by atoms with E-state index in [1.54, 1.807) is 7.05 Å². The molecule has 2 amide bonds. The number of esters is 1. The largest absolute Gasteiger partial charge is 0.468 e. The predicted octanol–water partition coefficient (Wildman–Crippen LogP) is -0.795. The zero-order valence-corrected chi connectivity index (χ0v) is 13.0. The van der Waals surface area contributed by atoms with Crippen LogP contribution in [0.3, 0.4) is 0 Å². The summed E-state index contributed by atoms with van der Waals surface area (Å²) in [5, 5.41) is 2.69. The summed E-state index contributed by atoms with van der Waals surface area (Å²) in [7, 11) is 2.83. The lowest BCUT2D eigenvalue weighted by atomic mass is 10.4. The average Bonchev–Trinajstić information content (AvgIpc) is 2.43. The molecule has 0 radical (unpaired) electrons. The van der Waals surface area contributed by atoms with Gasteiger partial charge in [-0.05, 0) is 6.42 Å². The molecule has 0 aromatic carbocycles. The number of thioether (sulfide) groups is 1. The highest BCUT2D eigenvalue weighted by Gasteiger charge is 2.16. The number of nitrogens with two attached hydrogens (primary N) is 1. The van der Waals surface area contributed by atoms with Crippen molar-refractivity contribution >= 4 is 29.5 Å². The van der Waals surface area contributed by atoms with Crippen molar-refractivity contribution < 1.29 is 19.1 Å². The van der Waals surface area contributed by atoms with Crippen molar-refractivity contribution in [2.45, 2.75) is 19.4 Å². The number of rotatable bonds is 9. The minimum Gasteiger partial charge on any atom is -0.468 e. The van der Waals surface area contributed by atoms with Crippen LogP contribution in [0.4, 0.5) is 0 Å². The van der Waals surface area contributed by atoms with Gasteiger partial charge in [0.05, 0.1) is 19.4 Å². The van der Waals surface area contributed by atoms with Crippen molar-refractivity contribution in [2.75, 3.05) is 38.8 Å². The van der Waals surface area contributed by atoms with Gasteiger partial charge >= 0.3 is 5.97 Å². The maximum Gasteiger partial charge on any atom is 0.323 e. The standard InChI is InChI=1S/C12H23N3O4S/c1-4-5-14-10(16)6-15(2)11(17)8-20-7-9(13)12(18)19-3/h9H,4-8,13H2,1-3H3,(H,14,16). The van der Waals surface area contributed by atoms with Crippen LogP contribution in [0.1, 0.15) is 13.3 Å². The summed E-state index contributed by atoms with van der Waals surface area (Å²) in [6.45, 7) is 2.59. The summed E-state index contributed by atoms with van der Waals surface area (Å²) in [4.78, 5) is 35.6. The van der Waals surface area contributed by atoms with E-state index in [1.807, 2.05) is 6.92 Å². The molecule has 0 heterocycles. The summed E-state index contributed by atoms with van der Waals surface area (Å²) < 4.78 is 4.48. The summed E-state index contributed by atoms with van der Waals surface area (Å²) in [5.74, 6) is -0.397. The van der Waals surface area contributed by atoms with Crippen molar-refractivity contribution in [3.63, 3.8) is 0 Å². The molecular formula is C12H23N3O4S. The molecule has 7 nitrogen and oxygen atoms in total. The number of methoxy groups -OCH3 is 1. The van der Waals surface area contributed by atoms with Gasteiger partial charge in [0.2, 0.25) is 11.8 Å². The Morgan fingerprint density at radius 1 is 1.40 bits per heavy atom. The first-order chi connectivity index (χ1) is 9.42. The number of hydrogen-bond donors (Lipinski definition) is 2. The van der Waals surface area contributed by atoms with Crippen LogP contribution in [-0.2, 0) is 19.1 Å². The van der Waals surface area contributed by atoms with E-state index < -0.39 is 12.0 Å². The molecule has 0 aliphatic rings. The number of carbonyl (C=O) groups excluding carboxylic acids is 3. The molecule has 0 bridgehead atoms. The quantitative estimate of drug-likeness (QED) is 0.541. The number of ether oxygens (including phenoxy) is 1. The summed E-state index contributed by atoms with van der Waals surface area (Å²) >= 11 is 1.24. The first kappa shape index (κ1) is 18.7. The molecule has 0 aliphatic carbocycles. The lowest BCUT2D eigenvalue weighted by Gasteiger charge is -2.17. The van der Waals surface area contributed by atoms with Crippen LogP contribution in [0.15, 0.2) is 0 Å². The van der Waals surface area contributed by atoms with Gasteiger partial charge in [0.1, 0.15) is 6.04 Å². The number of likely N-dealkylation sites (N-methyl/N-ethyl adjacent to an activating group) is 1. The topological polar surface area (TPSA) is 102 Å². The molecule has 0 fully saturated rings. The van der Waals surface area contributed by atoms with Crippen molar-refractivity contribution in [3.05, 3.63) is 0 Å². The molecule has 0 aromatic rings. The second kappa shape index (κ2) is 10.5. The fourth-order valence-electron chi connectivity index (χ4n) is 1.23. The Bertz CT molecular complexity index is 339. The van der Waals surface area contributed by atoms with Crippen LogP contribution < -0.4 is 11.1 Å². The maximum absolute atomic E-state index is 11.7. The van der Waals surface area contributed by atoms with Crippen LogP contribution in [-0.4, -0.2) is 67.5 Å². The average molecular weight is 305 g/mol. The number of nitrogens with zero attached hydrogens (tertiary/aromatic N) is 1. The van der Waals surface area contributed by atoms with E-state index in [0.29, 0.717) is 12.3 Å². The smallest absolute Gasteiger partial charge is 0.323 e. The van der Waals surface area contributed by atoms with Crippen LogP contribution in [0, 0.1) is 0 Å². The molecule has 1 atom stereocenters. The molecule has 0 rings (SSSR count). The molecule has 0 aliphatic heterocycles. The molecule has 116 valence electrons. The van der Waals surface area contributed by atoms with E-state index in [0.717, 1.165) is 6.42 Å².